The third kappa shape index (κ3) is 4.22. The molecule has 0 aliphatic carbocycles. The van der Waals surface area contributed by atoms with Crippen LogP contribution < -0.4 is 0 Å². The molecular weight excluding hydrogens is 440 g/mol. The molecular formula is C25H40N2O5S. The lowest BCUT2D eigenvalue weighted by molar-refractivity contribution is -0.155. The van der Waals surface area contributed by atoms with Crippen molar-refractivity contribution in [3.05, 3.63) is 12.7 Å². The molecule has 0 saturated carbocycles. The summed E-state index contributed by atoms with van der Waals surface area (Å²) >= 11 is 1.64. The summed E-state index contributed by atoms with van der Waals surface area (Å²) in [7, 11) is 0. The molecule has 3 fully saturated rings. The summed E-state index contributed by atoms with van der Waals surface area (Å²) in [5.74, 6) is -1.79. The molecule has 2 amide bonds. The average Bonchev–Trinajstić information content (AvgIpc) is 3.35. The van der Waals surface area contributed by atoms with E-state index < -0.39 is 33.4 Å². The molecule has 8 heteroatoms. The van der Waals surface area contributed by atoms with Gasteiger partial charge in [-0.2, -0.15) is 0 Å². The zero-order chi connectivity index (χ0) is 24.4. The molecule has 33 heavy (non-hydrogen) atoms. The van der Waals surface area contributed by atoms with Gasteiger partial charge in [0.05, 0.1) is 35.8 Å². The Morgan fingerprint density at radius 2 is 2.06 bits per heavy atom. The summed E-state index contributed by atoms with van der Waals surface area (Å²) in [6.45, 7) is 12.8. The Morgan fingerprint density at radius 3 is 2.64 bits per heavy atom. The number of fused-ring (bicyclic) bond motifs is 1. The quantitative estimate of drug-likeness (QED) is 0.263. The number of hydrogen-bond donors (Lipinski definition) is 1. The van der Waals surface area contributed by atoms with Gasteiger partial charge in [-0.3, -0.25) is 14.4 Å². The van der Waals surface area contributed by atoms with Crippen LogP contribution >= 0.6 is 11.8 Å². The van der Waals surface area contributed by atoms with Crippen molar-refractivity contribution in [1.29, 1.82) is 0 Å². The van der Waals surface area contributed by atoms with E-state index in [1.807, 2.05) is 18.7 Å². The first-order chi connectivity index (χ1) is 15.8. The molecule has 0 radical (unpaired) electrons. The molecule has 186 valence electrons. The van der Waals surface area contributed by atoms with Crippen LogP contribution in [0.3, 0.4) is 0 Å². The number of esters is 1. The number of rotatable bonds is 12. The van der Waals surface area contributed by atoms with Crippen molar-refractivity contribution in [1.82, 2.24) is 9.80 Å². The molecule has 1 N–H and O–H groups in total. The summed E-state index contributed by atoms with van der Waals surface area (Å²) in [6, 6.07) is -1.15. The number of likely N-dealkylation sites (tertiary alicyclic amines) is 1. The Morgan fingerprint density at radius 1 is 1.33 bits per heavy atom. The summed E-state index contributed by atoms with van der Waals surface area (Å²) < 4.78 is 4.31. The van der Waals surface area contributed by atoms with Gasteiger partial charge in [0.1, 0.15) is 6.04 Å². The Labute approximate surface area is 202 Å². The van der Waals surface area contributed by atoms with Gasteiger partial charge in [-0.15, -0.1) is 18.3 Å². The van der Waals surface area contributed by atoms with E-state index in [0.717, 1.165) is 25.7 Å². The third-order valence-corrected chi connectivity index (χ3v) is 9.74. The minimum atomic E-state index is -0.695. The molecule has 0 aromatic carbocycles. The van der Waals surface area contributed by atoms with Gasteiger partial charge in [0.25, 0.3) is 0 Å². The normalized spacial score (nSPS) is 33.2. The molecule has 0 aromatic heterocycles. The van der Waals surface area contributed by atoms with Crippen LogP contribution in [-0.2, 0) is 19.1 Å². The zero-order valence-electron chi connectivity index (χ0n) is 20.5. The lowest BCUT2D eigenvalue weighted by atomic mass is 9.66. The van der Waals surface area contributed by atoms with Crippen LogP contribution in [0.2, 0.25) is 0 Å². The van der Waals surface area contributed by atoms with Crippen molar-refractivity contribution in [3.63, 3.8) is 0 Å². The Bertz CT molecular complexity index is 772. The average molecular weight is 481 g/mol. The van der Waals surface area contributed by atoms with Gasteiger partial charge in [0, 0.05) is 17.8 Å². The van der Waals surface area contributed by atoms with Crippen molar-refractivity contribution in [2.45, 2.75) is 87.8 Å². The minimum Gasteiger partial charge on any atom is -0.466 e. The van der Waals surface area contributed by atoms with E-state index in [4.69, 9.17) is 4.74 Å². The molecule has 3 saturated heterocycles. The van der Waals surface area contributed by atoms with E-state index in [1.54, 1.807) is 29.7 Å². The topological polar surface area (TPSA) is 87.2 Å². The standard InChI is InChI=1S/C25H40N2O5S/c1-6-10-11-15-26(14-7-2)22(30)20-25-13-12-24(5,33-25)19(23(31)32-9-4)18(25)21(29)27(20)17(8-3)16-28/h7,17-20,28H,2,6,8-16H2,1,3-5H3/t17-,18-,19-,20?,24+,25?/m0/s1. The monoisotopic (exact) mass is 480 g/mol. The van der Waals surface area contributed by atoms with Gasteiger partial charge in [0.2, 0.25) is 11.8 Å². The van der Waals surface area contributed by atoms with Gasteiger partial charge < -0.3 is 19.6 Å². The van der Waals surface area contributed by atoms with E-state index in [0.29, 0.717) is 25.9 Å². The van der Waals surface area contributed by atoms with Crippen molar-refractivity contribution in [2.75, 3.05) is 26.3 Å². The maximum atomic E-state index is 14.1. The van der Waals surface area contributed by atoms with Crippen LogP contribution in [0.15, 0.2) is 12.7 Å². The van der Waals surface area contributed by atoms with E-state index in [-0.39, 0.29) is 31.0 Å². The summed E-state index contributed by atoms with van der Waals surface area (Å²) in [6.07, 6.45) is 6.69. The van der Waals surface area contributed by atoms with E-state index in [2.05, 4.69) is 13.5 Å². The largest absolute Gasteiger partial charge is 0.466 e. The first-order valence-electron chi connectivity index (χ1n) is 12.5. The van der Waals surface area contributed by atoms with Crippen LogP contribution in [0.25, 0.3) is 0 Å². The zero-order valence-corrected chi connectivity index (χ0v) is 21.4. The van der Waals surface area contributed by atoms with Crippen LogP contribution in [0.4, 0.5) is 0 Å². The summed E-state index contributed by atoms with van der Waals surface area (Å²) in [5, 5.41) is 10.1. The molecule has 1 spiro atoms. The first kappa shape index (κ1) is 26.1. The maximum absolute atomic E-state index is 14.1. The number of carbonyl (C=O) groups is 3. The predicted molar refractivity (Wildman–Crippen MR) is 130 cm³/mol. The van der Waals surface area contributed by atoms with Gasteiger partial charge in [0.15, 0.2) is 0 Å². The number of carbonyl (C=O) groups excluding carboxylic acids is 3. The number of amides is 2. The Kier molecular flexibility index (Phi) is 8.20. The highest BCUT2D eigenvalue weighted by atomic mass is 32.2. The second kappa shape index (κ2) is 10.4. The smallest absolute Gasteiger partial charge is 0.311 e. The number of aliphatic hydroxyl groups excluding tert-OH is 1. The molecule has 0 aromatic rings. The molecule has 3 rings (SSSR count). The highest BCUT2D eigenvalue weighted by Gasteiger charge is 2.78. The van der Waals surface area contributed by atoms with Crippen LogP contribution in [0.5, 0.6) is 0 Å². The predicted octanol–water partition coefficient (Wildman–Crippen LogP) is 3.01. The third-order valence-electron chi connectivity index (χ3n) is 7.76. The molecule has 7 nitrogen and oxygen atoms in total. The lowest BCUT2D eigenvalue weighted by Crippen LogP contribution is -2.57. The van der Waals surface area contributed by atoms with Crippen LogP contribution in [-0.4, -0.2) is 80.6 Å². The molecule has 2 unspecified atom stereocenters. The number of aliphatic hydroxyl groups is 1. The summed E-state index contributed by atoms with van der Waals surface area (Å²) in [5.41, 5.74) is 0. The lowest BCUT2D eigenvalue weighted by Gasteiger charge is -2.39. The minimum absolute atomic E-state index is 0.0880. The van der Waals surface area contributed by atoms with Crippen LogP contribution in [0.1, 0.15) is 66.2 Å². The maximum Gasteiger partial charge on any atom is 0.311 e. The summed E-state index contributed by atoms with van der Waals surface area (Å²) in [4.78, 5) is 44.6. The fourth-order valence-electron chi connectivity index (χ4n) is 6.21. The van der Waals surface area contributed by atoms with E-state index >= 15 is 0 Å². The second-order valence-electron chi connectivity index (χ2n) is 9.75. The highest BCUT2D eigenvalue weighted by Crippen LogP contribution is 2.71. The molecule has 3 aliphatic rings. The first-order valence-corrected chi connectivity index (χ1v) is 13.3. The van der Waals surface area contributed by atoms with Crippen molar-refractivity contribution >= 4 is 29.5 Å². The fraction of sp³-hybridized carbons (Fsp3) is 0.800. The highest BCUT2D eigenvalue weighted by molar-refractivity contribution is 8.02. The van der Waals surface area contributed by atoms with Gasteiger partial charge >= 0.3 is 5.97 Å². The number of thioether (sulfide) groups is 1. The molecule has 3 heterocycles. The van der Waals surface area contributed by atoms with Crippen LogP contribution in [0, 0.1) is 11.8 Å². The molecule has 6 atom stereocenters. The SMILES string of the molecule is C=CCN(CCCCC)C(=O)C1N([C@@H](CC)CO)C(=O)[C@@H]2[C@@H](C(=O)OCC)[C@@]3(C)CCC12S3. The number of hydrogen-bond acceptors (Lipinski definition) is 6. The van der Waals surface area contributed by atoms with Crippen molar-refractivity contribution in [2.24, 2.45) is 11.8 Å². The number of ether oxygens (including phenoxy) is 1. The van der Waals surface area contributed by atoms with E-state index in [9.17, 15) is 19.5 Å². The Balaban J connectivity index is 2.06. The fourth-order valence-corrected chi connectivity index (χ4v) is 8.54. The molecule has 2 bridgehead atoms. The second-order valence-corrected chi connectivity index (χ2v) is 11.6. The number of unbranched alkanes of at least 4 members (excludes halogenated alkanes) is 2. The molecule has 3 aliphatic heterocycles. The van der Waals surface area contributed by atoms with Crippen molar-refractivity contribution < 1.29 is 24.2 Å². The van der Waals surface area contributed by atoms with Gasteiger partial charge in [-0.25, -0.2) is 0 Å². The number of nitrogens with zero attached hydrogens (tertiary/aromatic N) is 2. The van der Waals surface area contributed by atoms with Crippen molar-refractivity contribution in [3.8, 4) is 0 Å². The van der Waals surface area contributed by atoms with Gasteiger partial charge in [-0.1, -0.05) is 32.8 Å². The Hall–Kier alpha value is -1.54. The van der Waals surface area contributed by atoms with E-state index in [1.165, 1.54) is 0 Å². The van der Waals surface area contributed by atoms with Gasteiger partial charge in [-0.05, 0) is 39.5 Å².